The highest BCUT2D eigenvalue weighted by Crippen LogP contribution is 2.20. The van der Waals surface area contributed by atoms with Crippen LogP contribution in [0.25, 0.3) is 0 Å². The summed E-state index contributed by atoms with van der Waals surface area (Å²) < 4.78 is 0. The number of carbonyl (C=O) groups excluding carboxylic acids is 1. The Bertz CT molecular complexity index is 465. The highest BCUT2D eigenvalue weighted by atomic mass is 32.1. The van der Waals surface area contributed by atoms with Gasteiger partial charge in [0.1, 0.15) is 0 Å². The molecule has 5 heteroatoms. The number of carbonyl (C=O) groups is 2. The van der Waals surface area contributed by atoms with Crippen molar-refractivity contribution in [2.24, 2.45) is 11.8 Å². The van der Waals surface area contributed by atoms with Crippen LogP contribution in [0.3, 0.4) is 0 Å². The molecule has 0 saturated heterocycles. The third-order valence-electron chi connectivity index (χ3n) is 2.90. The van der Waals surface area contributed by atoms with E-state index in [9.17, 15) is 9.59 Å². The zero-order valence-corrected chi connectivity index (χ0v) is 12.6. The minimum atomic E-state index is -0.854. The fourth-order valence-electron chi connectivity index (χ4n) is 2.01. The molecule has 1 heterocycles. The summed E-state index contributed by atoms with van der Waals surface area (Å²) in [6.45, 7) is 7.98. The summed E-state index contributed by atoms with van der Waals surface area (Å²) in [7, 11) is 0. The summed E-state index contributed by atoms with van der Waals surface area (Å²) in [6.07, 6.45) is 0.567. The van der Waals surface area contributed by atoms with E-state index < -0.39 is 11.9 Å². The molecule has 0 bridgehead atoms. The Labute approximate surface area is 117 Å². The molecule has 0 aromatic carbocycles. The summed E-state index contributed by atoms with van der Waals surface area (Å²) in [4.78, 5) is 25.1. The maximum Gasteiger partial charge on any atom is 0.308 e. The summed E-state index contributed by atoms with van der Waals surface area (Å²) in [5.74, 6) is -1.27. The molecule has 1 unspecified atom stereocenters. The first-order chi connectivity index (χ1) is 8.81. The van der Waals surface area contributed by atoms with Crippen molar-refractivity contribution >= 4 is 23.2 Å². The highest BCUT2D eigenvalue weighted by molar-refractivity contribution is 7.12. The smallest absolute Gasteiger partial charge is 0.308 e. The monoisotopic (exact) mass is 283 g/mol. The minimum absolute atomic E-state index is 0.181. The lowest BCUT2D eigenvalue weighted by Gasteiger charge is -2.15. The maximum absolute atomic E-state index is 12.0. The van der Waals surface area contributed by atoms with Gasteiger partial charge in [0.25, 0.3) is 5.91 Å². The third kappa shape index (κ3) is 4.67. The standard InChI is InChI=1S/C14H21NO3S/c1-8(2)5-11(14(17)18)7-15-13(16)12-6-9(3)19-10(12)4/h6,8,11H,5,7H2,1-4H3,(H,15,16)(H,17,18). The van der Waals surface area contributed by atoms with Crippen LogP contribution in [0.15, 0.2) is 6.07 Å². The van der Waals surface area contributed by atoms with Crippen LogP contribution in [0.5, 0.6) is 0 Å². The molecular weight excluding hydrogens is 262 g/mol. The van der Waals surface area contributed by atoms with Crippen molar-refractivity contribution in [3.05, 3.63) is 21.4 Å². The third-order valence-corrected chi connectivity index (χ3v) is 3.87. The Hall–Kier alpha value is -1.36. The van der Waals surface area contributed by atoms with E-state index in [1.807, 2.05) is 33.8 Å². The lowest BCUT2D eigenvalue weighted by atomic mass is 9.97. The number of thiophene rings is 1. The fourth-order valence-corrected chi connectivity index (χ4v) is 2.93. The molecule has 0 radical (unpaired) electrons. The summed E-state index contributed by atoms with van der Waals surface area (Å²) in [5, 5.41) is 11.8. The van der Waals surface area contributed by atoms with Crippen molar-refractivity contribution in [1.82, 2.24) is 5.32 Å². The Kier molecular flexibility index (Phi) is 5.54. The number of hydrogen-bond donors (Lipinski definition) is 2. The van der Waals surface area contributed by atoms with Crippen molar-refractivity contribution < 1.29 is 14.7 Å². The van der Waals surface area contributed by atoms with Crippen LogP contribution in [0.2, 0.25) is 0 Å². The van der Waals surface area contributed by atoms with Crippen LogP contribution >= 0.6 is 11.3 Å². The number of carboxylic acids is 1. The van der Waals surface area contributed by atoms with Gasteiger partial charge in [-0.25, -0.2) is 0 Å². The average Bonchev–Trinajstić information content (AvgIpc) is 2.62. The molecule has 19 heavy (non-hydrogen) atoms. The van der Waals surface area contributed by atoms with Crippen LogP contribution < -0.4 is 5.32 Å². The van der Waals surface area contributed by atoms with Gasteiger partial charge in [-0.05, 0) is 32.3 Å². The Morgan fingerprint density at radius 2 is 2.00 bits per heavy atom. The van der Waals surface area contributed by atoms with E-state index in [4.69, 9.17) is 5.11 Å². The van der Waals surface area contributed by atoms with E-state index in [1.54, 1.807) is 11.3 Å². The normalized spacial score (nSPS) is 12.5. The van der Waals surface area contributed by atoms with Crippen LogP contribution in [-0.2, 0) is 4.79 Å². The van der Waals surface area contributed by atoms with Crippen molar-refractivity contribution in [3.63, 3.8) is 0 Å². The van der Waals surface area contributed by atoms with Gasteiger partial charge in [-0.2, -0.15) is 0 Å². The summed E-state index contributed by atoms with van der Waals surface area (Å²) in [5.41, 5.74) is 0.649. The molecule has 0 aliphatic rings. The number of hydrogen-bond acceptors (Lipinski definition) is 3. The van der Waals surface area contributed by atoms with E-state index in [1.165, 1.54) is 0 Å². The number of amides is 1. The largest absolute Gasteiger partial charge is 0.481 e. The van der Waals surface area contributed by atoms with Crippen molar-refractivity contribution in [3.8, 4) is 0 Å². The summed E-state index contributed by atoms with van der Waals surface area (Å²) >= 11 is 1.57. The minimum Gasteiger partial charge on any atom is -0.481 e. The second-order valence-corrected chi connectivity index (χ2v) is 6.66. The first-order valence-corrected chi connectivity index (χ1v) is 7.21. The molecule has 2 N–H and O–H groups in total. The quantitative estimate of drug-likeness (QED) is 0.843. The molecular formula is C14H21NO3S. The number of aliphatic carboxylic acids is 1. The number of carboxylic acid groups (broad SMARTS) is 1. The molecule has 0 spiro atoms. The van der Waals surface area contributed by atoms with E-state index in [0.29, 0.717) is 17.9 Å². The van der Waals surface area contributed by atoms with Gasteiger partial charge in [-0.15, -0.1) is 11.3 Å². The van der Waals surface area contributed by atoms with Gasteiger partial charge < -0.3 is 10.4 Å². The lowest BCUT2D eigenvalue weighted by Crippen LogP contribution is -2.33. The van der Waals surface area contributed by atoms with Crippen molar-refractivity contribution in [2.75, 3.05) is 6.54 Å². The van der Waals surface area contributed by atoms with Gasteiger partial charge in [-0.3, -0.25) is 9.59 Å². The van der Waals surface area contributed by atoms with E-state index in [-0.39, 0.29) is 12.5 Å². The molecule has 1 rings (SSSR count). The van der Waals surface area contributed by atoms with E-state index in [0.717, 1.165) is 9.75 Å². The van der Waals surface area contributed by atoms with E-state index in [2.05, 4.69) is 5.32 Å². The summed E-state index contributed by atoms with van der Waals surface area (Å²) in [6, 6.07) is 1.84. The molecule has 1 aromatic heterocycles. The van der Waals surface area contributed by atoms with Gasteiger partial charge in [0.15, 0.2) is 0 Å². The maximum atomic E-state index is 12.0. The van der Waals surface area contributed by atoms with Crippen LogP contribution in [-0.4, -0.2) is 23.5 Å². The zero-order valence-electron chi connectivity index (χ0n) is 11.8. The first-order valence-electron chi connectivity index (χ1n) is 6.39. The number of nitrogens with one attached hydrogen (secondary N) is 1. The van der Waals surface area contributed by atoms with Crippen LogP contribution in [0, 0.1) is 25.7 Å². The van der Waals surface area contributed by atoms with Gasteiger partial charge in [0.2, 0.25) is 0 Å². The lowest BCUT2D eigenvalue weighted by molar-refractivity contribution is -0.142. The SMILES string of the molecule is Cc1cc(C(=O)NCC(CC(C)C)C(=O)O)c(C)s1. The predicted octanol–water partition coefficient (Wildman–Crippen LogP) is 2.84. The molecule has 0 fully saturated rings. The predicted molar refractivity (Wildman–Crippen MR) is 76.7 cm³/mol. The first kappa shape index (κ1) is 15.7. The number of aryl methyl sites for hydroxylation is 2. The van der Waals surface area contributed by atoms with Crippen LogP contribution in [0.4, 0.5) is 0 Å². The molecule has 0 saturated carbocycles. The van der Waals surface area contributed by atoms with Gasteiger partial charge in [-0.1, -0.05) is 13.8 Å². The fraction of sp³-hybridized carbons (Fsp3) is 0.571. The van der Waals surface area contributed by atoms with Gasteiger partial charge in [0.05, 0.1) is 11.5 Å². The topological polar surface area (TPSA) is 66.4 Å². The molecule has 0 aliphatic carbocycles. The highest BCUT2D eigenvalue weighted by Gasteiger charge is 2.20. The van der Waals surface area contributed by atoms with Crippen molar-refractivity contribution in [1.29, 1.82) is 0 Å². The molecule has 4 nitrogen and oxygen atoms in total. The molecule has 1 aromatic rings. The van der Waals surface area contributed by atoms with Crippen molar-refractivity contribution in [2.45, 2.75) is 34.1 Å². The Morgan fingerprint density at radius 3 is 2.42 bits per heavy atom. The van der Waals surface area contributed by atoms with Crippen LogP contribution in [0.1, 0.15) is 40.4 Å². The molecule has 106 valence electrons. The number of rotatable bonds is 6. The Morgan fingerprint density at radius 1 is 1.37 bits per heavy atom. The molecule has 1 atom stereocenters. The zero-order chi connectivity index (χ0) is 14.6. The molecule has 0 aliphatic heterocycles. The molecule has 1 amide bonds. The second-order valence-electron chi connectivity index (χ2n) is 5.20. The average molecular weight is 283 g/mol. The Balaban J connectivity index is 2.62. The van der Waals surface area contributed by atoms with E-state index >= 15 is 0 Å². The second kappa shape index (κ2) is 6.70. The van der Waals surface area contributed by atoms with Gasteiger partial charge in [0, 0.05) is 16.3 Å². The van der Waals surface area contributed by atoms with Gasteiger partial charge >= 0.3 is 5.97 Å².